The molecule has 0 aliphatic rings. The second kappa shape index (κ2) is 7.48. The Hall–Kier alpha value is -0.840. The fraction of sp³-hybridized carbons (Fsp3) is 0.385. The standard InChI is InChI=1S/C13H18BrNO2/c1-3-6-15(7-8-17-2)13-5-4-11(10-16)9-12(13)14/h3-5,9,16H,1,6-8,10H2,2H3. The van der Waals surface area contributed by atoms with E-state index in [2.05, 4.69) is 27.4 Å². The molecule has 4 heteroatoms. The largest absolute Gasteiger partial charge is 0.392 e. The monoisotopic (exact) mass is 299 g/mol. The van der Waals surface area contributed by atoms with E-state index < -0.39 is 0 Å². The zero-order valence-electron chi connectivity index (χ0n) is 10.0. The summed E-state index contributed by atoms with van der Waals surface area (Å²) >= 11 is 3.52. The first kappa shape index (κ1) is 14.2. The molecule has 1 rings (SSSR count). The predicted molar refractivity (Wildman–Crippen MR) is 74.4 cm³/mol. The molecule has 0 fully saturated rings. The van der Waals surface area contributed by atoms with Gasteiger partial charge in [0.15, 0.2) is 0 Å². The molecule has 0 saturated carbocycles. The summed E-state index contributed by atoms with van der Waals surface area (Å²) in [6.45, 7) is 6.05. The number of anilines is 1. The van der Waals surface area contributed by atoms with Crippen molar-refractivity contribution in [1.29, 1.82) is 0 Å². The van der Waals surface area contributed by atoms with Crippen molar-refractivity contribution in [2.75, 3.05) is 31.7 Å². The lowest BCUT2D eigenvalue weighted by atomic mass is 10.2. The number of benzene rings is 1. The van der Waals surface area contributed by atoms with Crippen molar-refractivity contribution < 1.29 is 9.84 Å². The third-order valence-corrected chi connectivity index (χ3v) is 3.09. The van der Waals surface area contributed by atoms with Crippen molar-refractivity contribution in [3.63, 3.8) is 0 Å². The van der Waals surface area contributed by atoms with Crippen LogP contribution in [0.15, 0.2) is 35.3 Å². The van der Waals surface area contributed by atoms with Gasteiger partial charge in [-0.2, -0.15) is 0 Å². The normalized spacial score (nSPS) is 10.3. The van der Waals surface area contributed by atoms with E-state index in [1.54, 1.807) is 7.11 Å². The molecule has 0 heterocycles. The molecule has 0 radical (unpaired) electrons. The number of aliphatic hydroxyl groups is 1. The SMILES string of the molecule is C=CCN(CCOC)c1ccc(CO)cc1Br. The average molecular weight is 300 g/mol. The molecule has 1 aromatic rings. The van der Waals surface area contributed by atoms with E-state index in [-0.39, 0.29) is 6.61 Å². The van der Waals surface area contributed by atoms with Crippen LogP contribution in [0.1, 0.15) is 5.56 Å². The maximum Gasteiger partial charge on any atom is 0.0682 e. The van der Waals surface area contributed by atoms with Crippen molar-refractivity contribution in [1.82, 2.24) is 0 Å². The Balaban J connectivity index is 2.88. The predicted octanol–water partition coefficient (Wildman–Crippen LogP) is 2.58. The van der Waals surface area contributed by atoms with Crippen LogP contribution in [-0.4, -0.2) is 31.9 Å². The van der Waals surface area contributed by atoms with Gasteiger partial charge in [0.1, 0.15) is 0 Å². The molecule has 94 valence electrons. The van der Waals surface area contributed by atoms with Crippen molar-refractivity contribution in [2.24, 2.45) is 0 Å². The minimum absolute atomic E-state index is 0.0540. The van der Waals surface area contributed by atoms with E-state index in [0.29, 0.717) is 6.61 Å². The van der Waals surface area contributed by atoms with Crippen LogP contribution < -0.4 is 4.90 Å². The smallest absolute Gasteiger partial charge is 0.0682 e. The molecule has 1 N–H and O–H groups in total. The first-order chi connectivity index (χ1) is 8.22. The topological polar surface area (TPSA) is 32.7 Å². The summed E-state index contributed by atoms with van der Waals surface area (Å²) in [6, 6.07) is 5.84. The highest BCUT2D eigenvalue weighted by atomic mass is 79.9. The van der Waals surface area contributed by atoms with Gasteiger partial charge in [-0.05, 0) is 33.6 Å². The number of ether oxygens (including phenoxy) is 1. The Morgan fingerprint density at radius 1 is 1.53 bits per heavy atom. The summed E-state index contributed by atoms with van der Waals surface area (Å²) < 4.78 is 6.07. The lowest BCUT2D eigenvalue weighted by Gasteiger charge is -2.24. The van der Waals surface area contributed by atoms with E-state index in [0.717, 1.165) is 28.8 Å². The van der Waals surface area contributed by atoms with Gasteiger partial charge in [0, 0.05) is 24.7 Å². The van der Waals surface area contributed by atoms with Crippen LogP contribution in [-0.2, 0) is 11.3 Å². The Kier molecular flexibility index (Phi) is 6.26. The molecular weight excluding hydrogens is 282 g/mol. The summed E-state index contributed by atoms with van der Waals surface area (Å²) in [6.07, 6.45) is 1.86. The molecule has 0 aliphatic carbocycles. The van der Waals surface area contributed by atoms with Crippen LogP contribution >= 0.6 is 15.9 Å². The summed E-state index contributed by atoms with van der Waals surface area (Å²) in [4.78, 5) is 2.17. The van der Waals surface area contributed by atoms with E-state index >= 15 is 0 Å². The summed E-state index contributed by atoms with van der Waals surface area (Å²) in [5.74, 6) is 0. The second-order valence-corrected chi connectivity index (χ2v) is 4.53. The Morgan fingerprint density at radius 3 is 2.82 bits per heavy atom. The van der Waals surface area contributed by atoms with Gasteiger partial charge in [-0.15, -0.1) is 6.58 Å². The molecule has 0 bridgehead atoms. The van der Waals surface area contributed by atoms with E-state index in [1.165, 1.54) is 0 Å². The van der Waals surface area contributed by atoms with Gasteiger partial charge < -0.3 is 14.7 Å². The Bertz CT molecular complexity index is 368. The maximum atomic E-state index is 9.07. The molecule has 17 heavy (non-hydrogen) atoms. The molecule has 0 saturated heterocycles. The van der Waals surface area contributed by atoms with Crippen LogP contribution in [0.3, 0.4) is 0 Å². The number of rotatable bonds is 7. The van der Waals surface area contributed by atoms with Gasteiger partial charge in [-0.3, -0.25) is 0 Å². The highest BCUT2D eigenvalue weighted by molar-refractivity contribution is 9.10. The van der Waals surface area contributed by atoms with E-state index in [1.807, 2.05) is 24.3 Å². The third-order valence-electron chi connectivity index (χ3n) is 2.45. The van der Waals surface area contributed by atoms with Crippen molar-refractivity contribution in [3.05, 3.63) is 40.9 Å². The number of aliphatic hydroxyl groups excluding tert-OH is 1. The minimum atomic E-state index is 0.0540. The highest BCUT2D eigenvalue weighted by Crippen LogP contribution is 2.27. The number of nitrogens with zero attached hydrogens (tertiary/aromatic N) is 1. The zero-order valence-corrected chi connectivity index (χ0v) is 11.6. The fourth-order valence-electron chi connectivity index (χ4n) is 1.57. The van der Waals surface area contributed by atoms with Crippen LogP contribution in [0, 0.1) is 0 Å². The lowest BCUT2D eigenvalue weighted by molar-refractivity contribution is 0.205. The molecule has 0 aliphatic heterocycles. The first-order valence-corrected chi connectivity index (χ1v) is 6.26. The number of hydrogen-bond donors (Lipinski definition) is 1. The van der Waals surface area contributed by atoms with Crippen LogP contribution in [0.25, 0.3) is 0 Å². The van der Waals surface area contributed by atoms with Gasteiger partial charge in [0.2, 0.25) is 0 Å². The lowest BCUT2D eigenvalue weighted by Crippen LogP contribution is -2.27. The Morgan fingerprint density at radius 2 is 2.29 bits per heavy atom. The van der Waals surface area contributed by atoms with Crippen LogP contribution in [0.2, 0.25) is 0 Å². The van der Waals surface area contributed by atoms with Crippen molar-refractivity contribution in [2.45, 2.75) is 6.61 Å². The first-order valence-electron chi connectivity index (χ1n) is 5.47. The average Bonchev–Trinajstić information content (AvgIpc) is 2.34. The molecule has 0 aromatic heterocycles. The fourth-order valence-corrected chi connectivity index (χ4v) is 2.25. The molecule has 0 atom stereocenters. The highest BCUT2D eigenvalue weighted by Gasteiger charge is 2.09. The van der Waals surface area contributed by atoms with E-state index in [9.17, 15) is 0 Å². The zero-order chi connectivity index (χ0) is 12.7. The Labute approximate surface area is 111 Å². The van der Waals surface area contributed by atoms with Gasteiger partial charge in [0.05, 0.1) is 18.9 Å². The molecule has 0 unspecified atom stereocenters. The summed E-state index contributed by atoms with van der Waals surface area (Å²) in [7, 11) is 1.69. The molecule has 0 spiro atoms. The van der Waals surface area contributed by atoms with Crippen LogP contribution in [0.4, 0.5) is 5.69 Å². The van der Waals surface area contributed by atoms with Crippen LogP contribution in [0.5, 0.6) is 0 Å². The van der Waals surface area contributed by atoms with Gasteiger partial charge in [-0.25, -0.2) is 0 Å². The van der Waals surface area contributed by atoms with E-state index in [4.69, 9.17) is 9.84 Å². The van der Waals surface area contributed by atoms with Crippen molar-refractivity contribution in [3.8, 4) is 0 Å². The number of methoxy groups -OCH3 is 1. The molecule has 0 amide bonds. The number of hydrogen-bond acceptors (Lipinski definition) is 3. The van der Waals surface area contributed by atoms with Gasteiger partial charge in [-0.1, -0.05) is 12.1 Å². The van der Waals surface area contributed by atoms with Gasteiger partial charge in [0.25, 0.3) is 0 Å². The number of halogens is 1. The maximum absolute atomic E-state index is 9.07. The van der Waals surface area contributed by atoms with Crippen molar-refractivity contribution >= 4 is 21.6 Å². The third kappa shape index (κ3) is 4.15. The quantitative estimate of drug-likeness (QED) is 0.786. The molecule has 3 nitrogen and oxygen atoms in total. The second-order valence-electron chi connectivity index (χ2n) is 3.67. The molecule has 1 aromatic carbocycles. The minimum Gasteiger partial charge on any atom is -0.392 e. The summed E-state index contributed by atoms with van der Waals surface area (Å²) in [5, 5.41) is 9.07. The van der Waals surface area contributed by atoms with Gasteiger partial charge >= 0.3 is 0 Å². The molecular formula is C13H18BrNO2. The summed E-state index contributed by atoms with van der Waals surface area (Å²) in [5.41, 5.74) is 1.98.